The maximum atomic E-state index is 12.6. The Bertz CT molecular complexity index is 459. The van der Waals surface area contributed by atoms with Crippen LogP contribution in [0.5, 0.6) is 0 Å². The fourth-order valence-corrected chi connectivity index (χ4v) is 4.72. The Hall–Kier alpha value is -0.870. The van der Waals surface area contributed by atoms with Crippen LogP contribution >= 0.6 is 11.3 Å². The lowest BCUT2D eigenvalue weighted by Crippen LogP contribution is -2.48. The lowest BCUT2D eigenvalue weighted by atomic mass is 10.0. The largest absolute Gasteiger partial charge is 0.338 e. The van der Waals surface area contributed by atoms with Crippen molar-refractivity contribution in [3.63, 3.8) is 0 Å². The van der Waals surface area contributed by atoms with Gasteiger partial charge in [-0.2, -0.15) is 11.3 Å². The molecule has 0 aromatic carbocycles. The van der Waals surface area contributed by atoms with Gasteiger partial charge in [0, 0.05) is 25.0 Å². The lowest BCUT2D eigenvalue weighted by molar-refractivity contribution is -0.133. The van der Waals surface area contributed by atoms with Gasteiger partial charge in [0.1, 0.15) is 0 Å². The van der Waals surface area contributed by atoms with Crippen LogP contribution in [0.2, 0.25) is 0 Å². The number of hydrogen-bond acceptors (Lipinski definition) is 3. The van der Waals surface area contributed by atoms with E-state index in [4.69, 9.17) is 0 Å². The van der Waals surface area contributed by atoms with Gasteiger partial charge in [-0.05, 0) is 67.6 Å². The second-order valence-corrected chi connectivity index (χ2v) is 7.05. The lowest BCUT2D eigenvalue weighted by Gasteiger charge is -2.34. The van der Waals surface area contributed by atoms with E-state index in [9.17, 15) is 4.79 Å². The Labute approximate surface area is 131 Å². The van der Waals surface area contributed by atoms with Crippen molar-refractivity contribution in [3.8, 4) is 0 Å². The number of likely N-dealkylation sites (N-methyl/N-ethyl adjacent to an activating group) is 1. The van der Waals surface area contributed by atoms with E-state index in [1.165, 1.54) is 37.8 Å². The van der Waals surface area contributed by atoms with E-state index in [-0.39, 0.29) is 0 Å². The molecule has 0 radical (unpaired) electrons. The van der Waals surface area contributed by atoms with Gasteiger partial charge in [0.25, 0.3) is 0 Å². The van der Waals surface area contributed by atoms with Crippen molar-refractivity contribution in [1.29, 1.82) is 0 Å². The van der Waals surface area contributed by atoms with Crippen molar-refractivity contribution in [2.45, 2.75) is 57.5 Å². The van der Waals surface area contributed by atoms with Crippen LogP contribution in [0.15, 0.2) is 16.8 Å². The number of aryl methyl sites for hydroxylation is 1. The van der Waals surface area contributed by atoms with Crippen molar-refractivity contribution in [2.24, 2.45) is 0 Å². The molecule has 2 aliphatic rings. The third-order valence-corrected chi connectivity index (χ3v) is 5.82. The predicted molar refractivity (Wildman–Crippen MR) is 87.6 cm³/mol. The first-order valence-electron chi connectivity index (χ1n) is 8.34. The van der Waals surface area contributed by atoms with Gasteiger partial charge in [-0.3, -0.25) is 9.69 Å². The molecule has 2 aliphatic heterocycles. The maximum absolute atomic E-state index is 12.6. The van der Waals surface area contributed by atoms with Gasteiger partial charge < -0.3 is 4.90 Å². The molecule has 3 heterocycles. The van der Waals surface area contributed by atoms with E-state index in [1.807, 2.05) is 0 Å². The van der Waals surface area contributed by atoms with Crippen LogP contribution in [0.4, 0.5) is 0 Å². The van der Waals surface area contributed by atoms with Crippen LogP contribution in [0, 0.1) is 0 Å². The van der Waals surface area contributed by atoms with Crippen LogP contribution in [0.3, 0.4) is 0 Å². The molecule has 0 unspecified atom stereocenters. The number of rotatable bonds is 5. The van der Waals surface area contributed by atoms with Gasteiger partial charge in [-0.15, -0.1) is 0 Å². The summed E-state index contributed by atoms with van der Waals surface area (Å²) in [5.41, 5.74) is 1.31. The normalized spacial score (nSPS) is 26.6. The number of carbonyl (C=O) groups is 1. The molecule has 1 aromatic rings. The van der Waals surface area contributed by atoms with Crippen molar-refractivity contribution >= 4 is 17.2 Å². The summed E-state index contributed by atoms with van der Waals surface area (Å²) in [6, 6.07) is 3.22. The maximum Gasteiger partial charge on any atom is 0.223 e. The van der Waals surface area contributed by atoms with Crippen molar-refractivity contribution < 1.29 is 4.79 Å². The number of likely N-dealkylation sites (tertiary alicyclic amines) is 2. The molecule has 1 amide bonds. The zero-order chi connectivity index (χ0) is 14.7. The van der Waals surface area contributed by atoms with Crippen LogP contribution < -0.4 is 0 Å². The zero-order valence-corrected chi connectivity index (χ0v) is 13.8. The molecule has 1 aromatic heterocycles. The standard InChI is InChI=1S/C17H26N2OS/c1-2-18-10-3-5-15(18)16-6-4-11-19(16)17(20)8-7-14-9-12-21-13-14/h9,12-13,15-16H,2-8,10-11H2,1H3/t15-,16+/m1/s1. The van der Waals surface area contributed by atoms with Crippen LogP contribution in [0.1, 0.15) is 44.6 Å². The molecule has 0 spiro atoms. The molecule has 116 valence electrons. The first kappa shape index (κ1) is 15.0. The van der Waals surface area contributed by atoms with E-state index in [1.54, 1.807) is 11.3 Å². The molecule has 2 fully saturated rings. The molecule has 21 heavy (non-hydrogen) atoms. The predicted octanol–water partition coefficient (Wildman–Crippen LogP) is 3.16. The number of nitrogens with zero attached hydrogens (tertiary/aromatic N) is 2. The molecule has 2 atom stereocenters. The van der Waals surface area contributed by atoms with Gasteiger partial charge in [0.05, 0.1) is 0 Å². The topological polar surface area (TPSA) is 23.6 Å². The van der Waals surface area contributed by atoms with Crippen molar-refractivity contribution in [1.82, 2.24) is 9.80 Å². The number of carbonyl (C=O) groups excluding carboxylic acids is 1. The van der Waals surface area contributed by atoms with Gasteiger partial charge in [-0.1, -0.05) is 6.92 Å². The quantitative estimate of drug-likeness (QED) is 0.834. The van der Waals surface area contributed by atoms with Gasteiger partial charge >= 0.3 is 0 Å². The Balaban J connectivity index is 1.59. The van der Waals surface area contributed by atoms with Gasteiger partial charge in [0.2, 0.25) is 5.91 Å². The Morgan fingerprint density at radius 1 is 1.29 bits per heavy atom. The minimum Gasteiger partial charge on any atom is -0.338 e. The van der Waals surface area contributed by atoms with E-state index in [2.05, 4.69) is 33.6 Å². The zero-order valence-electron chi connectivity index (χ0n) is 13.0. The average molecular weight is 306 g/mol. The Kier molecular flexibility index (Phi) is 4.96. The number of amides is 1. The number of thiophene rings is 1. The summed E-state index contributed by atoms with van der Waals surface area (Å²) in [5.74, 6) is 0.367. The smallest absolute Gasteiger partial charge is 0.223 e. The van der Waals surface area contributed by atoms with Gasteiger partial charge in [-0.25, -0.2) is 0 Å². The summed E-state index contributed by atoms with van der Waals surface area (Å²) in [5, 5.41) is 4.25. The highest BCUT2D eigenvalue weighted by Crippen LogP contribution is 2.30. The minimum absolute atomic E-state index is 0.367. The Morgan fingerprint density at radius 2 is 2.10 bits per heavy atom. The molecule has 4 heteroatoms. The molecular formula is C17H26N2OS. The molecular weight excluding hydrogens is 280 g/mol. The molecule has 0 N–H and O–H groups in total. The summed E-state index contributed by atoms with van der Waals surface area (Å²) in [6.07, 6.45) is 6.52. The second-order valence-electron chi connectivity index (χ2n) is 6.27. The minimum atomic E-state index is 0.367. The summed E-state index contributed by atoms with van der Waals surface area (Å²) in [4.78, 5) is 17.4. The molecule has 2 saturated heterocycles. The highest BCUT2D eigenvalue weighted by molar-refractivity contribution is 7.07. The highest BCUT2D eigenvalue weighted by Gasteiger charge is 2.38. The van der Waals surface area contributed by atoms with Crippen LogP contribution in [-0.2, 0) is 11.2 Å². The van der Waals surface area contributed by atoms with Crippen LogP contribution in [-0.4, -0.2) is 47.4 Å². The fourth-order valence-electron chi connectivity index (χ4n) is 4.01. The van der Waals surface area contributed by atoms with E-state index in [0.29, 0.717) is 24.4 Å². The SMILES string of the molecule is CCN1CCC[C@@H]1[C@@H]1CCCN1C(=O)CCc1ccsc1. The van der Waals surface area contributed by atoms with Crippen LogP contribution in [0.25, 0.3) is 0 Å². The average Bonchev–Trinajstić information content (AvgIpc) is 3.23. The molecule has 3 nitrogen and oxygen atoms in total. The van der Waals surface area contributed by atoms with E-state index < -0.39 is 0 Å². The first-order valence-corrected chi connectivity index (χ1v) is 9.28. The number of hydrogen-bond donors (Lipinski definition) is 0. The second kappa shape index (κ2) is 6.93. The highest BCUT2D eigenvalue weighted by atomic mass is 32.1. The molecule has 0 bridgehead atoms. The third-order valence-electron chi connectivity index (χ3n) is 5.09. The Morgan fingerprint density at radius 3 is 2.86 bits per heavy atom. The first-order chi connectivity index (χ1) is 10.3. The summed E-state index contributed by atoms with van der Waals surface area (Å²) in [6.45, 7) is 5.56. The summed E-state index contributed by atoms with van der Waals surface area (Å²) >= 11 is 1.72. The van der Waals surface area contributed by atoms with Gasteiger partial charge in [0.15, 0.2) is 0 Å². The molecule has 3 rings (SSSR count). The molecule has 0 aliphatic carbocycles. The molecule has 0 saturated carbocycles. The van der Waals surface area contributed by atoms with Crippen molar-refractivity contribution in [2.75, 3.05) is 19.6 Å². The van der Waals surface area contributed by atoms with E-state index in [0.717, 1.165) is 19.5 Å². The monoisotopic (exact) mass is 306 g/mol. The van der Waals surface area contributed by atoms with E-state index >= 15 is 0 Å². The third kappa shape index (κ3) is 3.32. The fraction of sp³-hybridized carbons (Fsp3) is 0.706. The van der Waals surface area contributed by atoms with Crippen molar-refractivity contribution in [3.05, 3.63) is 22.4 Å². The summed E-state index contributed by atoms with van der Waals surface area (Å²) < 4.78 is 0. The summed E-state index contributed by atoms with van der Waals surface area (Å²) in [7, 11) is 0.